The number of thioether (sulfide) groups is 1. The summed E-state index contributed by atoms with van der Waals surface area (Å²) in [5.41, 5.74) is 0.636. The Kier molecular flexibility index (Phi) is 3.63. The van der Waals surface area contributed by atoms with E-state index >= 15 is 0 Å². The number of rotatable bonds is 2. The Morgan fingerprint density at radius 2 is 2.17 bits per heavy atom. The minimum absolute atomic E-state index is 0.00821. The van der Waals surface area contributed by atoms with Crippen molar-refractivity contribution in [2.45, 2.75) is 0 Å². The van der Waals surface area contributed by atoms with Gasteiger partial charge in [-0.3, -0.25) is 14.9 Å². The van der Waals surface area contributed by atoms with Gasteiger partial charge in [0.25, 0.3) is 11.1 Å². The monoisotopic (exact) mass is 329 g/mol. The highest BCUT2D eigenvalue weighted by Gasteiger charge is 2.25. The van der Waals surface area contributed by atoms with Crippen LogP contribution in [-0.4, -0.2) is 23.4 Å². The number of ether oxygens (including phenoxy) is 1. The molecule has 1 aliphatic rings. The van der Waals surface area contributed by atoms with Crippen LogP contribution in [0.2, 0.25) is 0 Å². The standard InChI is InChI=1S/C11H8BrNO4S/c1-17-8-2-5(6(12)4-7(8)14)3-9-10(15)13-11(16)18-9/h2-4,14H,1H3,(H,13,15,16). The summed E-state index contributed by atoms with van der Waals surface area (Å²) < 4.78 is 5.58. The van der Waals surface area contributed by atoms with E-state index in [1.165, 1.54) is 13.2 Å². The molecule has 1 aliphatic heterocycles. The largest absolute Gasteiger partial charge is 0.504 e. The van der Waals surface area contributed by atoms with Gasteiger partial charge < -0.3 is 9.84 Å². The van der Waals surface area contributed by atoms with Crippen LogP contribution in [0.5, 0.6) is 11.5 Å². The van der Waals surface area contributed by atoms with Crippen LogP contribution in [0.25, 0.3) is 6.08 Å². The van der Waals surface area contributed by atoms with Crippen molar-refractivity contribution in [3.05, 3.63) is 27.1 Å². The molecule has 1 fully saturated rings. The highest BCUT2D eigenvalue weighted by molar-refractivity contribution is 9.10. The van der Waals surface area contributed by atoms with E-state index in [1.54, 1.807) is 12.1 Å². The topological polar surface area (TPSA) is 75.6 Å². The molecule has 5 nitrogen and oxygen atoms in total. The maximum Gasteiger partial charge on any atom is 0.290 e. The summed E-state index contributed by atoms with van der Waals surface area (Å²) in [6.07, 6.45) is 1.55. The molecule has 2 rings (SSSR count). The van der Waals surface area contributed by atoms with Crippen LogP contribution in [0.1, 0.15) is 5.56 Å². The van der Waals surface area contributed by atoms with Gasteiger partial charge in [-0.15, -0.1) is 0 Å². The van der Waals surface area contributed by atoms with E-state index in [-0.39, 0.29) is 5.75 Å². The Morgan fingerprint density at radius 1 is 1.44 bits per heavy atom. The van der Waals surface area contributed by atoms with Crippen molar-refractivity contribution in [1.82, 2.24) is 5.32 Å². The van der Waals surface area contributed by atoms with E-state index in [2.05, 4.69) is 21.2 Å². The van der Waals surface area contributed by atoms with E-state index in [0.29, 0.717) is 20.7 Å². The number of hydrogen-bond acceptors (Lipinski definition) is 5. The van der Waals surface area contributed by atoms with Crippen LogP contribution in [0, 0.1) is 0 Å². The van der Waals surface area contributed by atoms with Crippen LogP contribution in [0.15, 0.2) is 21.5 Å². The summed E-state index contributed by atoms with van der Waals surface area (Å²) in [6, 6.07) is 3.04. The number of phenolic OH excluding ortho intramolecular Hbond substituents is 1. The maximum absolute atomic E-state index is 11.4. The zero-order valence-electron chi connectivity index (χ0n) is 9.19. The predicted octanol–water partition coefficient (Wildman–Crippen LogP) is 2.49. The summed E-state index contributed by atoms with van der Waals surface area (Å²) in [4.78, 5) is 22.7. The van der Waals surface area contributed by atoms with Gasteiger partial charge in [0, 0.05) is 4.47 Å². The third-order valence-corrected chi connectivity index (χ3v) is 3.72. The number of hydrogen-bond donors (Lipinski definition) is 2. The molecule has 0 spiro atoms. The van der Waals surface area contributed by atoms with Crippen LogP contribution < -0.4 is 10.1 Å². The lowest BCUT2D eigenvalue weighted by atomic mass is 10.2. The van der Waals surface area contributed by atoms with Crippen LogP contribution >= 0.6 is 27.7 Å². The van der Waals surface area contributed by atoms with Crippen molar-refractivity contribution < 1.29 is 19.4 Å². The molecule has 1 heterocycles. The van der Waals surface area contributed by atoms with Gasteiger partial charge in [-0.25, -0.2) is 0 Å². The highest BCUT2D eigenvalue weighted by atomic mass is 79.9. The Hall–Kier alpha value is -1.47. The van der Waals surface area contributed by atoms with Gasteiger partial charge in [0.2, 0.25) is 0 Å². The molecule has 0 aromatic heterocycles. The number of phenols is 1. The number of amides is 2. The average Bonchev–Trinajstić information content (AvgIpc) is 2.61. The van der Waals surface area contributed by atoms with Crippen molar-refractivity contribution in [2.75, 3.05) is 7.11 Å². The van der Waals surface area contributed by atoms with Gasteiger partial charge in [0.05, 0.1) is 12.0 Å². The van der Waals surface area contributed by atoms with Gasteiger partial charge >= 0.3 is 0 Å². The second-order valence-corrected chi connectivity index (χ2v) is 5.27. The fourth-order valence-electron chi connectivity index (χ4n) is 1.39. The van der Waals surface area contributed by atoms with Gasteiger partial charge in [-0.2, -0.15) is 0 Å². The van der Waals surface area contributed by atoms with Crippen molar-refractivity contribution in [2.24, 2.45) is 0 Å². The minimum Gasteiger partial charge on any atom is -0.504 e. The Balaban J connectivity index is 2.43. The molecule has 2 N–H and O–H groups in total. The molecule has 0 aliphatic carbocycles. The summed E-state index contributed by atoms with van der Waals surface area (Å²) in [7, 11) is 1.43. The normalized spacial score (nSPS) is 17.1. The lowest BCUT2D eigenvalue weighted by molar-refractivity contribution is -0.115. The first-order chi connectivity index (χ1) is 8.51. The molecular formula is C11H8BrNO4S. The van der Waals surface area contributed by atoms with E-state index < -0.39 is 11.1 Å². The number of imide groups is 1. The van der Waals surface area contributed by atoms with Crippen molar-refractivity contribution in [3.63, 3.8) is 0 Å². The lowest BCUT2D eigenvalue weighted by Gasteiger charge is -2.06. The van der Waals surface area contributed by atoms with E-state index in [1.807, 2.05) is 0 Å². The van der Waals surface area contributed by atoms with Gasteiger partial charge in [0.1, 0.15) is 0 Å². The second-order valence-electron chi connectivity index (χ2n) is 3.40. The summed E-state index contributed by atoms with van der Waals surface area (Å²) in [6.45, 7) is 0. The molecule has 7 heteroatoms. The minimum atomic E-state index is -0.427. The third-order valence-electron chi connectivity index (χ3n) is 2.23. The third kappa shape index (κ3) is 2.51. The highest BCUT2D eigenvalue weighted by Crippen LogP contribution is 2.35. The Bertz CT molecular complexity index is 570. The summed E-state index contributed by atoms with van der Waals surface area (Å²) in [5, 5.41) is 11.3. The van der Waals surface area contributed by atoms with Crippen molar-refractivity contribution in [1.29, 1.82) is 0 Å². The SMILES string of the molecule is COc1cc(C=C2SC(=O)NC2=O)c(Br)cc1O. The molecule has 1 saturated heterocycles. The molecule has 0 saturated carbocycles. The van der Waals surface area contributed by atoms with Crippen LogP contribution in [-0.2, 0) is 4.79 Å². The van der Waals surface area contributed by atoms with E-state index in [4.69, 9.17) is 4.74 Å². The van der Waals surface area contributed by atoms with Gasteiger partial charge in [0.15, 0.2) is 11.5 Å². The first-order valence-electron chi connectivity index (χ1n) is 4.82. The molecule has 1 aromatic rings. The zero-order valence-corrected chi connectivity index (χ0v) is 11.6. The zero-order chi connectivity index (χ0) is 13.3. The van der Waals surface area contributed by atoms with Crippen LogP contribution in [0.4, 0.5) is 4.79 Å². The lowest BCUT2D eigenvalue weighted by Crippen LogP contribution is -2.17. The molecular weight excluding hydrogens is 322 g/mol. The summed E-state index contributed by atoms with van der Waals surface area (Å²) in [5.74, 6) is -0.144. The van der Waals surface area contributed by atoms with Gasteiger partial charge in [-0.1, -0.05) is 15.9 Å². The number of carbonyl (C=O) groups is 2. The molecule has 1 aromatic carbocycles. The molecule has 0 atom stereocenters. The Labute approximate surface area is 115 Å². The molecule has 0 bridgehead atoms. The van der Waals surface area contributed by atoms with E-state index in [9.17, 15) is 14.7 Å². The van der Waals surface area contributed by atoms with Crippen molar-refractivity contribution in [3.8, 4) is 11.5 Å². The smallest absolute Gasteiger partial charge is 0.290 e. The molecule has 0 radical (unpaired) electrons. The molecule has 2 amide bonds. The number of nitrogens with one attached hydrogen (secondary N) is 1. The molecule has 0 unspecified atom stereocenters. The number of halogens is 1. The number of benzene rings is 1. The first kappa shape index (κ1) is 13.0. The maximum atomic E-state index is 11.4. The summed E-state index contributed by atoms with van der Waals surface area (Å²) >= 11 is 4.10. The molecule has 94 valence electrons. The molecule has 18 heavy (non-hydrogen) atoms. The van der Waals surface area contributed by atoms with Gasteiger partial charge in [-0.05, 0) is 35.5 Å². The average molecular weight is 330 g/mol. The predicted molar refractivity (Wildman–Crippen MR) is 71.5 cm³/mol. The number of aromatic hydroxyl groups is 1. The quantitative estimate of drug-likeness (QED) is 0.815. The van der Waals surface area contributed by atoms with Crippen LogP contribution in [0.3, 0.4) is 0 Å². The number of carbonyl (C=O) groups excluding carboxylic acids is 2. The first-order valence-corrected chi connectivity index (χ1v) is 6.43. The second kappa shape index (κ2) is 5.03. The van der Waals surface area contributed by atoms with Crippen molar-refractivity contribution >= 4 is 44.9 Å². The number of methoxy groups -OCH3 is 1. The Morgan fingerprint density at radius 3 is 2.72 bits per heavy atom. The fourth-order valence-corrected chi connectivity index (χ4v) is 2.51. The fraction of sp³-hybridized carbons (Fsp3) is 0.0909. The van der Waals surface area contributed by atoms with E-state index in [0.717, 1.165) is 11.8 Å².